The van der Waals surface area contributed by atoms with Crippen molar-refractivity contribution in [1.82, 2.24) is 10.2 Å². The molecule has 0 aromatic heterocycles. The molecule has 0 amide bonds. The van der Waals surface area contributed by atoms with Gasteiger partial charge in [-0.05, 0) is 5.92 Å². The zero-order valence-corrected chi connectivity index (χ0v) is 7.09. The second kappa shape index (κ2) is 2.73. The molecule has 2 fully saturated rings. The van der Waals surface area contributed by atoms with Gasteiger partial charge in [-0.3, -0.25) is 4.90 Å². The number of hydrogen-bond acceptors (Lipinski definition) is 3. The van der Waals surface area contributed by atoms with E-state index in [-0.39, 0.29) is 0 Å². The summed E-state index contributed by atoms with van der Waals surface area (Å²) < 4.78 is 0. The summed E-state index contributed by atoms with van der Waals surface area (Å²) in [6.07, 6.45) is 0. The SMILES string of the molecule is CC1CN(C2CNC2)CC1N. The first-order chi connectivity index (χ1) is 5.27. The van der Waals surface area contributed by atoms with Crippen LogP contribution in [0.3, 0.4) is 0 Å². The van der Waals surface area contributed by atoms with Gasteiger partial charge in [-0.15, -0.1) is 0 Å². The van der Waals surface area contributed by atoms with Crippen molar-refractivity contribution in [2.75, 3.05) is 26.2 Å². The molecule has 2 unspecified atom stereocenters. The van der Waals surface area contributed by atoms with Crippen molar-refractivity contribution >= 4 is 0 Å². The van der Waals surface area contributed by atoms with Gasteiger partial charge in [0.05, 0.1) is 0 Å². The van der Waals surface area contributed by atoms with E-state index in [2.05, 4.69) is 17.1 Å². The summed E-state index contributed by atoms with van der Waals surface area (Å²) in [5.41, 5.74) is 5.92. The first-order valence-corrected chi connectivity index (χ1v) is 4.47. The highest BCUT2D eigenvalue weighted by atomic mass is 15.3. The number of nitrogens with zero attached hydrogens (tertiary/aromatic N) is 1. The molecule has 2 rings (SSSR count). The van der Waals surface area contributed by atoms with Crippen LogP contribution in [0.15, 0.2) is 0 Å². The van der Waals surface area contributed by atoms with Gasteiger partial charge in [-0.1, -0.05) is 6.92 Å². The first-order valence-electron chi connectivity index (χ1n) is 4.47. The summed E-state index contributed by atoms with van der Waals surface area (Å²) in [6, 6.07) is 1.20. The van der Waals surface area contributed by atoms with Gasteiger partial charge in [0.1, 0.15) is 0 Å². The van der Waals surface area contributed by atoms with Crippen molar-refractivity contribution in [2.45, 2.75) is 19.0 Å². The zero-order valence-electron chi connectivity index (χ0n) is 7.09. The Labute approximate surface area is 67.9 Å². The lowest BCUT2D eigenvalue weighted by Gasteiger charge is -2.35. The Morgan fingerprint density at radius 1 is 1.36 bits per heavy atom. The Morgan fingerprint density at radius 2 is 2.09 bits per heavy atom. The quantitative estimate of drug-likeness (QED) is 0.523. The van der Waals surface area contributed by atoms with Crippen molar-refractivity contribution < 1.29 is 0 Å². The van der Waals surface area contributed by atoms with Crippen LogP contribution >= 0.6 is 0 Å². The van der Waals surface area contributed by atoms with E-state index in [1.165, 1.54) is 19.6 Å². The molecule has 0 bridgehead atoms. The molecule has 3 heteroatoms. The summed E-state index contributed by atoms with van der Waals surface area (Å²) in [6.45, 7) is 6.89. The summed E-state index contributed by atoms with van der Waals surface area (Å²) in [4.78, 5) is 2.52. The normalized spacial score (nSPS) is 40.9. The highest BCUT2D eigenvalue weighted by molar-refractivity contribution is 4.93. The second-order valence-corrected chi connectivity index (χ2v) is 3.91. The molecule has 0 aromatic carbocycles. The van der Waals surface area contributed by atoms with Gasteiger partial charge in [0.15, 0.2) is 0 Å². The van der Waals surface area contributed by atoms with Gasteiger partial charge in [0.2, 0.25) is 0 Å². The van der Waals surface area contributed by atoms with Crippen molar-refractivity contribution in [3.8, 4) is 0 Å². The fourth-order valence-electron chi connectivity index (χ4n) is 1.86. The van der Waals surface area contributed by atoms with Crippen LogP contribution in [0.1, 0.15) is 6.92 Å². The maximum Gasteiger partial charge on any atom is 0.0346 e. The molecule has 2 aliphatic heterocycles. The lowest BCUT2D eigenvalue weighted by atomic mass is 10.1. The van der Waals surface area contributed by atoms with E-state index in [9.17, 15) is 0 Å². The van der Waals surface area contributed by atoms with E-state index in [1.54, 1.807) is 0 Å². The van der Waals surface area contributed by atoms with Crippen LogP contribution in [0, 0.1) is 5.92 Å². The average molecular weight is 155 g/mol. The first kappa shape index (κ1) is 7.53. The van der Waals surface area contributed by atoms with Crippen LogP contribution in [-0.2, 0) is 0 Å². The number of nitrogens with two attached hydrogens (primary N) is 1. The molecule has 2 atom stereocenters. The van der Waals surface area contributed by atoms with Gasteiger partial charge in [-0.2, -0.15) is 0 Å². The largest absolute Gasteiger partial charge is 0.326 e. The number of likely N-dealkylation sites (tertiary alicyclic amines) is 1. The molecular weight excluding hydrogens is 138 g/mol. The Bertz CT molecular complexity index is 134. The fraction of sp³-hybridized carbons (Fsp3) is 1.00. The van der Waals surface area contributed by atoms with E-state index < -0.39 is 0 Å². The van der Waals surface area contributed by atoms with Crippen LogP contribution in [-0.4, -0.2) is 43.2 Å². The van der Waals surface area contributed by atoms with Gasteiger partial charge >= 0.3 is 0 Å². The van der Waals surface area contributed by atoms with Crippen molar-refractivity contribution in [1.29, 1.82) is 0 Å². The third-order valence-corrected chi connectivity index (χ3v) is 2.98. The van der Waals surface area contributed by atoms with E-state index in [0.29, 0.717) is 12.0 Å². The Kier molecular flexibility index (Phi) is 1.87. The lowest BCUT2D eigenvalue weighted by Crippen LogP contribution is -2.56. The number of nitrogens with one attached hydrogen (secondary N) is 1. The monoisotopic (exact) mass is 155 g/mol. The standard InChI is InChI=1S/C8H17N3/c1-6-4-11(5-8(6)9)7-2-10-3-7/h6-8,10H,2-5,9H2,1H3. The van der Waals surface area contributed by atoms with Crippen LogP contribution in [0.25, 0.3) is 0 Å². The molecule has 11 heavy (non-hydrogen) atoms. The Morgan fingerprint density at radius 3 is 2.45 bits per heavy atom. The molecule has 2 aliphatic rings. The molecule has 0 radical (unpaired) electrons. The van der Waals surface area contributed by atoms with Crippen molar-refractivity contribution in [3.63, 3.8) is 0 Å². The fourth-order valence-corrected chi connectivity index (χ4v) is 1.86. The Hall–Kier alpha value is -0.120. The van der Waals surface area contributed by atoms with E-state index in [0.717, 1.165) is 12.6 Å². The van der Waals surface area contributed by atoms with Crippen LogP contribution < -0.4 is 11.1 Å². The summed E-state index contributed by atoms with van der Waals surface area (Å²) in [5.74, 6) is 0.690. The van der Waals surface area contributed by atoms with Crippen molar-refractivity contribution in [2.24, 2.45) is 11.7 Å². The molecule has 3 N–H and O–H groups in total. The summed E-state index contributed by atoms with van der Waals surface area (Å²) in [5, 5.41) is 3.29. The Balaban J connectivity index is 1.87. The van der Waals surface area contributed by atoms with E-state index in [1.807, 2.05) is 0 Å². The average Bonchev–Trinajstić information content (AvgIpc) is 2.08. The predicted molar refractivity (Wildman–Crippen MR) is 45.4 cm³/mol. The minimum Gasteiger partial charge on any atom is -0.326 e. The minimum absolute atomic E-state index is 0.413. The molecule has 0 spiro atoms. The van der Waals surface area contributed by atoms with Gasteiger partial charge in [-0.25, -0.2) is 0 Å². The topological polar surface area (TPSA) is 41.3 Å². The van der Waals surface area contributed by atoms with Gasteiger partial charge in [0.25, 0.3) is 0 Å². The summed E-state index contributed by atoms with van der Waals surface area (Å²) >= 11 is 0. The molecule has 64 valence electrons. The number of hydrogen-bond donors (Lipinski definition) is 2. The smallest absolute Gasteiger partial charge is 0.0346 e. The maximum absolute atomic E-state index is 5.92. The maximum atomic E-state index is 5.92. The van der Waals surface area contributed by atoms with Crippen molar-refractivity contribution in [3.05, 3.63) is 0 Å². The second-order valence-electron chi connectivity index (χ2n) is 3.91. The molecule has 2 heterocycles. The van der Waals surface area contributed by atoms with Gasteiger partial charge in [0, 0.05) is 38.3 Å². The molecule has 0 aliphatic carbocycles. The predicted octanol–water partition coefficient (Wildman–Crippen LogP) is -0.763. The lowest BCUT2D eigenvalue weighted by molar-refractivity contribution is 0.174. The van der Waals surface area contributed by atoms with Gasteiger partial charge < -0.3 is 11.1 Å². The number of rotatable bonds is 1. The van der Waals surface area contributed by atoms with E-state index in [4.69, 9.17) is 5.73 Å². The van der Waals surface area contributed by atoms with Crippen LogP contribution in [0.2, 0.25) is 0 Å². The van der Waals surface area contributed by atoms with Crippen LogP contribution in [0.5, 0.6) is 0 Å². The zero-order chi connectivity index (χ0) is 7.84. The molecule has 3 nitrogen and oxygen atoms in total. The highest BCUT2D eigenvalue weighted by Crippen LogP contribution is 2.18. The molecule has 2 saturated heterocycles. The third kappa shape index (κ3) is 1.28. The minimum atomic E-state index is 0.413. The highest BCUT2D eigenvalue weighted by Gasteiger charge is 2.33. The third-order valence-electron chi connectivity index (χ3n) is 2.98. The molecule has 0 aromatic rings. The molecule has 0 saturated carbocycles. The molecular formula is C8H17N3. The van der Waals surface area contributed by atoms with Crippen LogP contribution in [0.4, 0.5) is 0 Å². The summed E-state index contributed by atoms with van der Waals surface area (Å²) in [7, 11) is 0. The van der Waals surface area contributed by atoms with E-state index >= 15 is 0 Å².